The van der Waals surface area contributed by atoms with Crippen molar-refractivity contribution in [3.05, 3.63) is 23.5 Å². The van der Waals surface area contributed by atoms with Gasteiger partial charge in [-0.05, 0) is 19.1 Å². The largest absolute Gasteiger partial charge is 0.344 e. The van der Waals surface area contributed by atoms with Gasteiger partial charge in [-0.15, -0.1) is 12.4 Å². The number of hydrogen-bond donors (Lipinski definition) is 1. The SMILES string of the molecule is Cc1ccc(C(=O)N2CCNCC2)n1C.Cl. The first-order valence-electron chi connectivity index (χ1n) is 5.32. The van der Waals surface area contributed by atoms with Crippen LogP contribution >= 0.6 is 12.4 Å². The molecule has 0 unspecified atom stereocenters. The second-order valence-electron chi connectivity index (χ2n) is 3.96. The van der Waals surface area contributed by atoms with Crippen molar-refractivity contribution in [2.45, 2.75) is 6.92 Å². The molecule has 2 heterocycles. The van der Waals surface area contributed by atoms with Gasteiger partial charge in [0.05, 0.1) is 0 Å². The fraction of sp³-hybridized carbons (Fsp3) is 0.545. The van der Waals surface area contributed by atoms with Crippen molar-refractivity contribution in [2.24, 2.45) is 7.05 Å². The van der Waals surface area contributed by atoms with Crippen LogP contribution in [0.4, 0.5) is 0 Å². The first kappa shape index (κ1) is 13.1. The quantitative estimate of drug-likeness (QED) is 0.792. The molecule has 1 aliphatic rings. The number of amides is 1. The van der Waals surface area contributed by atoms with Crippen LogP contribution < -0.4 is 5.32 Å². The molecule has 1 aliphatic heterocycles. The number of aromatic nitrogens is 1. The molecule has 0 saturated carbocycles. The summed E-state index contributed by atoms with van der Waals surface area (Å²) < 4.78 is 1.95. The highest BCUT2D eigenvalue weighted by atomic mass is 35.5. The molecule has 2 rings (SSSR count). The molecule has 16 heavy (non-hydrogen) atoms. The fourth-order valence-corrected chi connectivity index (χ4v) is 1.86. The third-order valence-corrected chi connectivity index (χ3v) is 3.00. The summed E-state index contributed by atoms with van der Waals surface area (Å²) >= 11 is 0. The van der Waals surface area contributed by atoms with Gasteiger partial charge in [-0.25, -0.2) is 0 Å². The zero-order valence-electron chi connectivity index (χ0n) is 9.69. The highest BCUT2D eigenvalue weighted by molar-refractivity contribution is 5.93. The van der Waals surface area contributed by atoms with Crippen LogP contribution in [-0.4, -0.2) is 41.6 Å². The Morgan fingerprint density at radius 2 is 1.94 bits per heavy atom. The van der Waals surface area contributed by atoms with Gasteiger partial charge in [0.1, 0.15) is 5.69 Å². The van der Waals surface area contributed by atoms with Gasteiger partial charge in [-0.1, -0.05) is 0 Å². The molecule has 5 heteroatoms. The van der Waals surface area contributed by atoms with E-state index in [-0.39, 0.29) is 18.3 Å². The van der Waals surface area contributed by atoms with Gasteiger partial charge >= 0.3 is 0 Å². The number of rotatable bonds is 1. The molecular formula is C11H18ClN3O. The Kier molecular flexibility index (Phi) is 4.38. The van der Waals surface area contributed by atoms with Crippen LogP contribution in [-0.2, 0) is 7.05 Å². The van der Waals surface area contributed by atoms with Crippen LogP contribution in [0.15, 0.2) is 12.1 Å². The number of piperazine rings is 1. The van der Waals surface area contributed by atoms with E-state index < -0.39 is 0 Å². The van der Waals surface area contributed by atoms with E-state index >= 15 is 0 Å². The van der Waals surface area contributed by atoms with E-state index in [1.54, 1.807) is 0 Å². The first-order valence-corrected chi connectivity index (χ1v) is 5.32. The van der Waals surface area contributed by atoms with E-state index in [1.807, 2.05) is 35.6 Å². The fourth-order valence-electron chi connectivity index (χ4n) is 1.86. The minimum Gasteiger partial charge on any atom is -0.344 e. The molecule has 1 aromatic rings. The standard InChI is InChI=1S/C11H17N3O.ClH/c1-9-3-4-10(13(9)2)11(15)14-7-5-12-6-8-14;/h3-4,12H,5-8H2,1-2H3;1H. The van der Waals surface area contributed by atoms with Gasteiger partial charge in [0, 0.05) is 38.9 Å². The Labute approximate surface area is 102 Å². The van der Waals surface area contributed by atoms with Crippen molar-refractivity contribution in [1.82, 2.24) is 14.8 Å². The molecule has 1 amide bonds. The normalized spacial score (nSPS) is 15.8. The minimum atomic E-state index is 0. The minimum absolute atomic E-state index is 0. The zero-order chi connectivity index (χ0) is 10.8. The van der Waals surface area contributed by atoms with Crippen molar-refractivity contribution >= 4 is 18.3 Å². The molecule has 90 valence electrons. The molecular weight excluding hydrogens is 226 g/mol. The van der Waals surface area contributed by atoms with Crippen molar-refractivity contribution < 1.29 is 4.79 Å². The van der Waals surface area contributed by atoms with E-state index in [4.69, 9.17) is 0 Å². The molecule has 1 aromatic heterocycles. The maximum absolute atomic E-state index is 12.1. The molecule has 4 nitrogen and oxygen atoms in total. The summed E-state index contributed by atoms with van der Waals surface area (Å²) in [7, 11) is 1.94. The number of carbonyl (C=O) groups is 1. The third-order valence-electron chi connectivity index (χ3n) is 3.00. The summed E-state index contributed by atoms with van der Waals surface area (Å²) in [6.45, 7) is 5.42. The molecule has 1 N–H and O–H groups in total. The second-order valence-corrected chi connectivity index (χ2v) is 3.96. The van der Waals surface area contributed by atoms with Crippen LogP contribution in [0.2, 0.25) is 0 Å². The summed E-state index contributed by atoms with van der Waals surface area (Å²) in [5.41, 5.74) is 1.91. The third kappa shape index (κ3) is 2.39. The van der Waals surface area contributed by atoms with Crippen LogP contribution in [0.25, 0.3) is 0 Å². The maximum atomic E-state index is 12.1. The smallest absolute Gasteiger partial charge is 0.270 e. The lowest BCUT2D eigenvalue weighted by Crippen LogP contribution is -2.46. The topological polar surface area (TPSA) is 37.3 Å². The van der Waals surface area contributed by atoms with Crippen molar-refractivity contribution in [3.8, 4) is 0 Å². The molecule has 0 atom stereocenters. The summed E-state index contributed by atoms with van der Waals surface area (Å²) in [5, 5.41) is 3.24. The van der Waals surface area contributed by atoms with E-state index in [2.05, 4.69) is 5.32 Å². The van der Waals surface area contributed by atoms with Gasteiger partial charge in [0.2, 0.25) is 0 Å². The molecule has 0 spiro atoms. The predicted molar refractivity (Wildman–Crippen MR) is 66.2 cm³/mol. The van der Waals surface area contributed by atoms with E-state index in [1.165, 1.54) is 0 Å². The summed E-state index contributed by atoms with van der Waals surface area (Å²) in [6, 6.07) is 3.88. The van der Waals surface area contributed by atoms with Crippen LogP contribution in [0, 0.1) is 6.92 Å². The van der Waals surface area contributed by atoms with Crippen LogP contribution in [0.5, 0.6) is 0 Å². The number of halogens is 1. The Balaban J connectivity index is 0.00000128. The maximum Gasteiger partial charge on any atom is 0.270 e. The number of nitrogens with zero attached hydrogens (tertiary/aromatic N) is 2. The summed E-state index contributed by atoms with van der Waals surface area (Å²) in [5.74, 6) is 0.145. The molecule has 1 saturated heterocycles. The van der Waals surface area contributed by atoms with E-state index in [0.717, 1.165) is 37.6 Å². The average molecular weight is 244 g/mol. The summed E-state index contributed by atoms with van der Waals surface area (Å²) in [6.07, 6.45) is 0. The predicted octanol–water partition coefficient (Wildman–Crippen LogP) is 0.801. The van der Waals surface area contributed by atoms with E-state index in [9.17, 15) is 4.79 Å². The van der Waals surface area contributed by atoms with Crippen LogP contribution in [0.1, 0.15) is 16.2 Å². The number of nitrogens with one attached hydrogen (secondary N) is 1. The summed E-state index contributed by atoms with van der Waals surface area (Å²) in [4.78, 5) is 14.0. The lowest BCUT2D eigenvalue weighted by Gasteiger charge is -2.27. The Morgan fingerprint density at radius 1 is 1.31 bits per heavy atom. The van der Waals surface area contributed by atoms with Crippen molar-refractivity contribution in [1.29, 1.82) is 0 Å². The molecule has 1 fully saturated rings. The molecule has 0 aliphatic carbocycles. The highest BCUT2D eigenvalue weighted by Crippen LogP contribution is 2.09. The van der Waals surface area contributed by atoms with Gasteiger partial charge in [0.25, 0.3) is 5.91 Å². The lowest BCUT2D eigenvalue weighted by atomic mass is 10.3. The second kappa shape index (κ2) is 5.37. The molecule has 0 aromatic carbocycles. The Morgan fingerprint density at radius 3 is 2.44 bits per heavy atom. The van der Waals surface area contributed by atoms with Crippen molar-refractivity contribution in [3.63, 3.8) is 0 Å². The number of aryl methyl sites for hydroxylation is 1. The van der Waals surface area contributed by atoms with E-state index in [0.29, 0.717) is 0 Å². The lowest BCUT2D eigenvalue weighted by molar-refractivity contribution is 0.0726. The molecule has 0 radical (unpaired) electrons. The van der Waals surface area contributed by atoms with Gasteiger partial charge in [-0.3, -0.25) is 4.79 Å². The Bertz CT molecular complexity index is 369. The van der Waals surface area contributed by atoms with Gasteiger partial charge < -0.3 is 14.8 Å². The number of carbonyl (C=O) groups excluding carboxylic acids is 1. The van der Waals surface area contributed by atoms with Gasteiger partial charge in [0.15, 0.2) is 0 Å². The number of hydrogen-bond acceptors (Lipinski definition) is 2. The van der Waals surface area contributed by atoms with Gasteiger partial charge in [-0.2, -0.15) is 0 Å². The average Bonchev–Trinajstić information content (AvgIpc) is 2.60. The Hall–Kier alpha value is -1.00. The zero-order valence-corrected chi connectivity index (χ0v) is 10.5. The van der Waals surface area contributed by atoms with Crippen LogP contribution in [0.3, 0.4) is 0 Å². The highest BCUT2D eigenvalue weighted by Gasteiger charge is 2.20. The first-order chi connectivity index (χ1) is 7.20. The monoisotopic (exact) mass is 243 g/mol. The molecule has 0 bridgehead atoms. The van der Waals surface area contributed by atoms with Crippen molar-refractivity contribution in [2.75, 3.05) is 26.2 Å².